The van der Waals surface area contributed by atoms with Crippen LogP contribution in [0, 0.1) is 0 Å². The lowest BCUT2D eigenvalue weighted by atomic mass is 9.95. The molecule has 2 amide bonds. The molecule has 1 aliphatic heterocycles. The quantitative estimate of drug-likeness (QED) is 0.571. The van der Waals surface area contributed by atoms with Crippen molar-refractivity contribution in [2.75, 3.05) is 39.3 Å². The van der Waals surface area contributed by atoms with Gasteiger partial charge < -0.3 is 20.4 Å². The van der Waals surface area contributed by atoms with Gasteiger partial charge in [-0.2, -0.15) is 0 Å². The largest absolute Gasteiger partial charge is 0.357 e. The van der Waals surface area contributed by atoms with Gasteiger partial charge in [0.1, 0.15) is 0 Å². The first-order chi connectivity index (χ1) is 12.1. The minimum atomic E-state index is 0.105. The summed E-state index contributed by atoms with van der Waals surface area (Å²) in [6, 6.07) is 0.359. The van der Waals surface area contributed by atoms with Gasteiger partial charge in [0.25, 0.3) is 0 Å². The van der Waals surface area contributed by atoms with Crippen molar-refractivity contribution >= 4 is 17.8 Å². The third-order valence-electron chi connectivity index (χ3n) is 4.93. The summed E-state index contributed by atoms with van der Waals surface area (Å²) in [6.45, 7) is 7.94. The third kappa shape index (κ3) is 6.55. The zero-order chi connectivity index (χ0) is 18.1. The minimum absolute atomic E-state index is 0.105. The molecule has 1 saturated heterocycles. The molecule has 25 heavy (non-hydrogen) atoms. The fraction of sp³-hybridized carbons (Fsp3) is 0.833. The van der Waals surface area contributed by atoms with Crippen molar-refractivity contribution in [3.8, 4) is 0 Å². The fourth-order valence-corrected chi connectivity index (χ4v) is 3.47. The lowest BCUT2D eigenvalue weighted by Crippen LogP contribution is -2.53. The molecule has 0 atom stereocenters. The molecular weight excluding hydrogens is 318 g/mol. The van der Waals surface area contributed by atoms with Crippen molar-refractivity contribution in [2.45, 2.75) is 58.4 Å². The van der Waals surface area contributed by atoms with E-state index in [2.05, 4.69) is 20.5 Å². The first-order valence-corrected chi connectivity index (χ1v) is 9.68. The van der Waals surface area contributed by atoms with Crippen LogP contribution in [0.3, 0.4) is 0 Å². The average Bonchev–Trinajstić information content (AvgIpc) is 2.62. The van der Waals surface area contributed by atoms with Gasteiger partial charge in [-0.25, -0.2) is 0 Å². The summed E-state index contributed by atoms with van der Waals surface area (Å²) in [7, 11) is 0. The van der Waals surface area contributed by atoms with E-state index in [1.54, 1.807) is 6.92 Å². The van der Waals surface area contributed by atoms with E-state index in [1.807, 2.05) is 11.8 Å². The predicted octanol–water partition coefficient (Wildman–Crippen LogP) is 0.955. The molecular formula is C18H33N5O2. The van der Waals surface area contributed by atoms with Crippen LogP contribution in [-0.2, 0) is 9.59 Å². The summed E-state index contributed by atoms with van der Waals surface area (Å²) in [5, 5.41) is 6.43. The second-order valence-corrected chi connectivity index (χ2v) is 6.88. The van der Waals surface area contributed by atoms with E-state index in [-0.39, 0.29) is 11.8 Å². The Kier molecular flexibility index (Phi) is 8.01. The molecule has 0 radical (unpaired) electrons. The lowest BCUT2D eigenvalue weighted by Gasteiger charge is -2.36. The summed E-state index contributed by atoms with van der Waals surface area (Å²) in [5.41, 5.74) is 0. The highest BCUT2D eigenvalue weighted by Gasteiger charge is 2.21. The van der Waals surface area contributed by atoms with E-state index in [4.69, 9.17) is 0 Å². The van der Waals surface area contributed by atoms with Crippen molar-refractivity contribution in [1.29, 1.82) is 0 Å². The van der Waals surface area contributed by atoms with E-state index >= 15 is 0 Å². The zero-order valence-corrected chi connectivity index (χ0v) is 15.7. The Labute approximate surface area is 151 Å². The van der Waals surface area contributed by atoms with Gasteiger partial charge in [-0.05, 0) is 19.8 Å². The third-order valence-corrected chi connectivity index (χ3v) is 4.93. The van der Waals surface area contributed by atoms with E-state index in [1.165, 1.54) is 19.3 Å². The predicted molar refractivity (Wildman–Crippen MR) is 99.4 cm³/mol. The van der Waals surface area contributed by atoms with Crippen LogP contribution in [0.1, 0.15) is 52.4 Å². The molecule has 0 aromatic rings. The number of hydrogen-bond acceptors (Lipinski definition) is 3. The Morgan fingerprint density at radius 2 is 1.68 bits per heavy atom. The molecule has 1 saturated carbocycles. The van der Waals surface area contributed by atoms with Crippen molar-refractivity contribution in [3.63, 3.8) is 0 Å². The van der Waals surface area contributed by atoms with Crippen LogP contribution in [0.15, 0.2) is 4.99 Å². The first kappa shape index (κ1) is 19.5. The fourth-order valence-electron chi connectivity index (χ4n) is 3.47. The second-order valence-electron chi connectivity index (χ2n) is 6.88. The number of hydrogen-bond donors (Lipinski definition) is 2. The first-order valence-electron chi connectivity index (χ1n) is 9.68. The molecule has 0 bridgehead atoms. The summed E-state index contributed by atoms with van der Waals surface area (Å²) in [6.07, 6.45) is 6.38. The number of aliphatic imine (C=N–C) groups is 1. The highest BCUT2D eigenvalue weighted by Crippen LogP contribution is 2.17. The molecule has 0 aromatic carbocycles. The standard InChI is InChI=1S/C18H33N5O2/c1-3-19-18(23-13-11-22(12-14-23)15(2)24)20-10-9-17(25)21-16-7-5-4-6-8-16/h16H,3-14H2,1-2H3,(H,19,20)(H,21,25). The number of rotatable bonds is 5. The highest BCUT2D eigenvalue weighted by molar-refractivity contribution is 5.81. The Balaban J connectivity index is 1.77. The molecule has 7 nitrogen and oxygen atoms in total. The number of nitrogens with zero attached hydrogens (tertiary/aromatic N) is 3. The maximum absolute atomic E-state index is 12.1. The van der Waals surface area contributed by atoms with Crippen LogP contribution in [0.25, 0.3) is 0 Å². The summed E-state index contributed by atoms with van der Waals surface area (Å²) < 4.78 is 0. The molecule has 1 heterocycles. The van der Waals surface area contributed by atoms with Gasteiger partial charge in [-0.15, -0.1) is 0 Å². The second kappa shape index (κ2) is 10.3. The molecule has 2 N–H and O–H groups in total. The Hall–Kier alpha value is -1.79. The van der Waals surface area contributed by atoms with Gasteiger partial charge in [-0.3, -0.25) is 14.6 Å². The SMILES string of the molecule is CCNC(=NCCC(=O)NC1CCCCC1)N1CCN(C(C)=O)CC1. The summed E-state index contributed by atoms with van der Waals surface area (Å²) in [4.78, 5) is 32.1. The van der Waals surface area contributed by atoms with Crippen molar-refractivity contribution in [3.05, 3.63) is 0 Å². The van der Waals surface area contributed by atoms with Gasteiger partial charge in [-0.1, -0.05) is 19.3 Å². The molecule has 2 aliphatic rings. The normalized spacial score (nSPS) is 19.7. The molecule has 2 fully saturated rings. The van der Waals surface area contributed by atoms with Gasteiger partial charge >= 0.3 is 0 Å². The van der Waals surface area contributed by atoms with Crippen LogP contribution in [0.2, 0.25) is 0 Å². The number of carbonyl (C=O) groups excluding carboxylic acids is 2. The molecule has 1 aliphatic carbocycles. The van der Waals surface area contributed by atoms with Crippen LogP contribution in [0.4, 0.5) is 0 Å². The van der Waals surface area contributed by atoms with Gasteiger partial charge in [0.15, 0.2) is 5.96 Å². The van der Waals surface area contributed by atoms with Crippen LogP contribution in [0.5, 0.6) is 0 Å². The Morgan fingerprint density at radius 1 is 1.04 bits per heavy atom. The topological polar surface area (TPSA) is 77.0 Å². The van der Waals surface area contributed by atoms with Gasteiger partial charge in [0, 0.05) is 52.1 Å². The monoisotopic (exact) mass is 351 g/mol. The average molecular weight is 351 g/mol. The van der Waals surface area contributed by atoms with Crippen LogP contribution < -0.4 is 10.6 Å². The minimum Gasteiger partial charge on any atom is -0.357 e. The smallest absolute Gasteiger partial charge is 0.222 e. The number of guanidine groups is 1. The number of amides is 2. The van der Waals surface area contributed by atoms with E-state index < -0.39 is 0 Å². The van der Waals surface area contributed by atoms with E-state index in [9.17, 15) is 9.59 Å². The van der Waals surface area contributed by atoms with E-state index in [0.717, 1.165) is 51.5 Å². The van der Waals surface area contributed by atoms with Crippen LogP contribution >= 0.6 is 0 Å². The molecule has 7 heteroatoms. The maximum Gasteiger partial charge on any atom is 0.222 e. The molecule has 0 aromatic heterocycles. The van der Waals surface area contributed by atoms with Crippen molar-refractivity contribution < 1.29 is 9.59 Å². The number of carbonyl (C=O) groups is 2. The molecule has 0 spiro atoms. The lowest BCUT2D eigenvalue weighted by molar-refractivity contribution is -0.130. The Morgan fingerprint density at radius 3 is 2.28 bits per heavy atom. The maximum atomic E-state index is 12.1. The van der Waals surface area contributed by atoms with Crippen molar-refractivity contribution in [2.24, 2.45) is 4.99 Å². The van der Waals surface area contributed by atoms with Gasteiger partial charge in [0.05, 0.1) is 6.54 Å². The van der Waals surface area contributed by atoms with Crippen molar-refractivity contribution in [1.82, 2.24) is 20.4 Å². The number of piperazine rings is 1. The zero-order valence-electron chi connectivity index (χ0n) is 15.7. The van der Waals surface area contributed by atoms with Crippen LogP contribution in [-0.4, -0.2) is 72.9 Å². The summed E-state index contributed by atoms with van der Waals surface area (Å²) >= 11 is 0. The number of nitrogens with one attached hydrogen (secondary N) is 2. The van der Waals surface area contributed by atoms with E-state index in [0.29, 0.717) is 19.0 Å². The summed E-state index contributed by atoms with van der Waals surface area (Å²) in [5.74, 6) is 1.07. The van der Waals surface area contributed by atoms with Gasteiger partial charge in [0.2, 0.25) is 11.8 Å². The highest BCUT2D eigenvalue weighted by atomic mass is 16.2. The molecule has 0 unspecified atom stereocenters. The molecule has 2 rings (SSSR count). The molecule has 142 valence electrons. The Bertz CT molecular complexity index is 466.